The molecule has 2 atom stereocenters. The highest BCUT2D eigenvalue weighted by atomic mass is 79.9. The maximum atomic E-state index is 5.35. The molecule has 1 fully saturated rings. The van der Waals surface area contributed by atoms with E-state index in [-0.39, 0.29) is 0 Å². The SMILES string of the molecule is BrCC1CC1c1ccc2c(c1)OCO2. The molecule has 2 nitrogen and oxygen atoms in total. The van der Waals surface area contributed by atoms with Crippen molar-refractivity contribution >= 4 is 15.9 Å². The molecule has 0 spiro atoms. The summed E-state index contributed by atoms with van der Waals surface area (Å²) >= 11 is 3.52. The van der Waals surface area contributed by atoms with Crippen molar-refractivity contribution < 1.29 is 9.47 Å². The van der Waals surface area contributed by atoms with E-state index in [1.54, 1.807) is 0 Å². The normalized spacial score (nSPS) is 27.8. The van der Waals surface area contributed by atoms with Crippen LogP contribution in [0.5, 0.6) is 11.5 Å². The zero-order valence-electron chi connectivity index (χ0n) is 7.70. The first-order valence-electron chi connectivity index (χ1n) is 4.84. The molecule has 74 valence electrons. The predicted octanol–water partition coefficient (Wildman–Crippen LogP) is 2.91. The second-order valence-electron chi connectivity index (χ2n) is 3.87. The van der Waals surface area contributed by atoms with Crippen molar-refractivity contribution in [3.8, 4) is 11.5 Å². The molecule has 0 amide bonds. The highest BCUT2D eigenvalue weighted by Gasteiger charge is 2.37. The monoisotopic (exact) mass is 254 g/mol. The molecule has 1 saturated carbocycles. The van der Waals surface area contributed by atoms with Gasteiger partial charge in [-0.1, -0.05) is 22.0 Å². The Morgan fingerprint density at radius 2 is 2.14 bits per heavy atom. The van der Waals surface area contributed by atoms with Crippen LogP contribution in [-0.4, -0.2) is 12.1 Å². The Balaban J connectivity index is 1.87. The number of benzene rings is 1. The fourth-order valence-electron chi connectivity index (χ4n) is 1.97. The lowest BCUT2D eigenvalue weighted by atomic mass is 10.1. The Morgan fingerprint density at radius 3 is 2.93 bits per heavy atom. The van der Waals surface area contributed by atoms with Crippen LogP contribution in [0.4, 0.5) is 0 Å². The van der Waals surface area contributed by atoms with Gasteiger partial charge in [0.1, 0.15) is 0 Å². The standard InChI is InChI=1S/C11H11BrO2/c12-5-8-3-9(8)7-1-2-10-11(4-7)14-6-13-10/h1-2,4,8-9H,3,5-6H2. The number of hydrogen-bond donors (Lipinski definition) is 0. The van der Waals surface area contributed by atoms with Crippen LogP contribution >= 0.6 is 15.9 Å². The van der Waals surface area contributed by atoms with Crippen molar-refractivity contribution in [3.63, 3.8) is 0 Å². The number of alkyl halides is 1. The third-order valence-corrected chi connectivity index (χ3v) is 3.78. The first kappa shape index (κ1) is 8.60. The number of rotatable bonds is 2. The van der Waals surface area contributed by atoms with E-state index in [0.717, 1.165) is 28.7 Å². The van der Waals surface area contributed by atoms with Crippen molar-refractivity contribution in [2.75, 3.05) is 12.1 Å². The molecular formula is C11H11BrO2. The van der Waals surface area contributed by atoms with E-state index in [2.05, 4.69) is 28.1 Å². The summed E-state index contributed by atoms with van der Waals surface area (Å²) in [7, 11) is 0. The van der Waals surface area contributed by atoms with Crippen molar-refractivity contribution in [2.45, 2.75) is 12.3 Å². The first-order valence-corrected chi connectivity index (χ1v) is 5.96. The largest absolute Gasteiger partial charge is 0.454 e. The maximum absolute atomic E-state index is 5.35. The van der Waals surface area contributed by atoms with Gasteiger partial charge in [-0.2, -0.15) is 0 Å². The third-order valence-electron chi connectivity index (χ3n) is 2.95. The molecule has 0 aromatic heterocycles. The van der Waals surface area contributed by atoms with Crippen molar-refractivity contribution in [1.29, 1.82) is 0 Å². The van der Waals surface area contributed by atoms with Gasteiger partial charge in [-0.15, -0.1) is 0 Å². The van der Waals surface area contributed by atoms with Crippen LogP contribution in [0.25, 0.3) is 0 Å². The molecule has 0 N–H and O–H groups in total. The third kappa shape index (κ3) is 1.31. The lowest BCUT2D eigenvalue weighted by Gasteiger charge is -2.01. The van der Waals surface area contributed by atoms with Crippen LogP contribution in [0.2, 0.25) is 0 Å². The molecule has 1 aliphatic heterocycles. The van der Waals surface area contributed by atoms with E-state index in [4.69, 9.17) is 9.47 Å². The van der Waals surface area contributed by atoms with E-state index in [1.807, 2.05) is 6.07 Å². The summed E-state index contributed by atoms with van der Waals surface area (Å²) < 4.78 is 10.6. The van der Waals surface area contributed by atoms with Gasteiger partial charge in [-0.05, 0) is 36.0 Å². The van der Waals surface area contributed by atoms with E-state index in [9.17, 15) is 0 Å². The molecule has 1 aromatic rings. The minimum atomic E-state index is 0.366. The molecule has 0 radical (unpaired) electrons. The summed E-state index contributed by atoms with van der Waals surface area (Å²) in [5, 5.41) is 1.10. The van der Waals surface area contributed by atoms with Gasteiger partial charge in [-0.3, -0.25) is 0 Å². The fourth-order valence-corrected chi connectivity index (χ4v) is 2.69. The Labute approximate surface area is 91.3 Å². The quantitative estimate of drug-likeness (QED) is 0.756. The summed E-state index contributed by atoms with van der Waals surface area (Å²) in [5.41, 5.74) is 1.39. The van der Waals surface area contributed by atoms with Gasteiger partial charge in [0.25, 0.3) is 0 Å². The minimum absolute atomic E-state index is 0.366. The van der Waals surface area contributed by atoms with E-state index >= 15 is 0 Å². The molecular weight excluding hydrogens is 244 g/mol. The molecule has 2 unspecified atom stereocenters. The van der Waals surface area contributed by atoms with Gasteiger partial charge >= 0.3 is 0 Å². The summed E-state index contributed by atoms with van der Waals surface area (Å²) in [6, 6.07) is 6.29. The van der Waals surface area contributed by atoms with Gasteiger partial charge in [0.2, 0.25) is 6.79 Å². The lowest BCUT2D eigenvalue weighted by Crippen LogP contribution is -1.92. The second-order valence-corrected chi connectivity index (χ2v) is 4.52. The average molecular weight is 255 g/mol. The minimum Gasteiger partial charge on any atom is -0.454 e. The Bertz CT molecular complexity index is 364. The highest BCUT2D eigenvalue weighted by molar-refractivity contribution is 9.09. The van der Waals surface area contributed by atoms with Crippen molar-refractivity contribution in [1.82, 2.24) is 0 Å². The van der Waals surface area contributed by atoms with Crippen LogP contribution in [0, 0.1) is 5.92 Å². The second kappa shape index (κ2) is 3.16. The summed E-state index contributed by atoms with van der Waals surface area (Å²) in [4.78, 5) is 0. The summed E-state index contributed by atoms with van der Waals surface area (Å²) in [5.74, 6) is 3.33. The van der Waals surface area contributed by atoms with Gasteiger partial charge in [0, 0.05) is 5.33 Å². The summed E-state index contributed by atoms with van der Waals surface area (Å²) in [6.45, 7) is 0.366. The number of halogens is 1. The molecule has 3 rings (SSSR count). The molecule has 14 heavy (non-hydrogen) atoms. The number of ether oxygens (including phenoxy) is 2. The molecule has 1 aromatic carbocycles. The van der Waals surface area contributed by atoms with Gasteiger partial charge in [0.15, 0.2) is 11.5 Å². The van der Waals surface area contributed by atoms with Crippen LogP contribution in [-0.2, 0) is 0 Å². The van der Waals surface area contributed by atoms with Gasteiger partial charge in [0.05, 0.1) is 0 Å². The lowest BCUT2D eigenvalue weighted by molar-refractivity contribution is 0.174. The van der Waals surface area contributed by atoms with Gasteiger partial charge in [-0.25, -0.2) is 0 Å². The molecule has 2 aliphatic rings. The molecule has 0 saturated heterocycles. The highest BCUT2D eigenvalue weighted by Crippen LogP contribution is 2.50. The molecule has 1 aliphatic carbocycles. The maximum Gasteiger partial charge on any atom is 0.231 e. The fraction of sp³-hybridized carbons (Fsp3) is 0.455. The predicted molar refractivity (Wildman–Crippen MR) is 57.2 cm³/mol. The Morgan fingerprint density at radius 1 is 1.29 bits per heavy atom. The smallest absolute Gasteiger partial charge is 0.231 e. The van der Waals surface area contributed by atoms with Crippen LogP contribution in [0.1, 0.15) is 17.9 Å². The van der Waals surface area contributed by atoms with Gasteiger partial charge < -0.3 is 9.47 Å². The van der Waals surface area contributed by atoms with Crippen molar-refractivity contribution in [2.24, 2.45) is 5.92 Å². The zero-order valence-corrected chi connectivity index (χ0v) is 9.29. The zero-order chi connectivity index (χ0) is 9.54. The molecule has 0 bridgehead atoms. The molecule has 1 heterocycles. The topological polar surface area (TPSA) is 18.5 Å². The van der Waals surface area contributed by atoms with Crippen LogP contribution in [0.15, 0.2) is 18.2 Å². The van der Waals surface area contributed by atoms with E-state index < -0.39 is 0 Å². The van der Waals surface area contributed by atoms with E-state index in [1.165, 1.54) is 12.0 Å². The van der Waals surface area contributed by atoms with Crippen LogP contribution < -0.4 is 9.47 Å². The average Bonchev–Trinajstić information content (AvgIpc) is 2.87. The van der Waals surface area contributed by atoms with Crippen molar-refractivity contribution in [3.05, 3.63) is 23.8 Å². The molecule has 3 heteroatoms. The van der Waals surface area contributed by atoms with Crippen LogP contribution in [0.3, 0.4) is 0 Å². The number of hydrogen-bond acceptors (Lipinski definition) is 2. The Kier molecular flexibility index (Phi) is 1.94. The summed E-state index contributed by atoms with van der Waals surface area (Å²) in [6.07, 6.45) is 1.30. The first-order chi connectivity index (χ1) is 6.88. The number of fused-ring (bicyclic) bond motifs is 1. The Hall–Kier alpha value is -0.700. The van der Waals surface area contributed by atoms with E-state index in [0.29, 0.717) is 6.79 Å².